The average molecular weight is 327 g/mol. The normalized spacial score (nSPS) is 11.0. The molecule has 0 radical (unpaired) electrons. The van der Waals surface area contributed by atoms with Crippen LogP contribution in [0.4, 0.5) is 8.78 Å². The molecule has 0 saturated carbocycles. The first-order valence-electron chi connectivity index (χ1n) is 5.84. The molecule has 1 aromatic heterocycles. The molecule has 2 nitrogen and oxygen atoms in total. The van der Waals surface area contributed by atoms with Crippen molar-refractivity contribution in [3.05, 3.63) is 69.4 Å². The fraction of sp³-hybridized carbons (Fsp3) is 0. The standard InChI is InChI=1S/C15H6Cl2F2O2/c16-8-3-7-4-13(21-15(7)11(17)5-8)14(20)10-6-9(18)1-2-12(10)19/h1-6H. The lowest BCUT2D eigenvalue weighted by molar-refractivity contribution is 0.101. The smallest absolute Gasteiger partial charge is 0.231 e. The van der Waals surface area contributed by atoms with Gasteiger partial charge in [0.1, 0.15) is 11.6 Å². The summed E-state index contributed by atoms with van der Waals surface area (Å²) in [7, 11) is 0. The fourth-order valence-electron chi connectivity index (χ4n) is 1.99. The summed E-state index contributed by atoms with van der Waals surface area (Å²) >= 11 is 11.8. The molecule has 0 bridgehead atoms. The number of furan rings is 1. The number of halogens is 4. The number of carbonyl (C=O) groups excluding carboxylic acids is 1. The fourth-order valence-corrected chi connectivity index (χ4v) is 2.54. The summed E-state index contributed by atoms with van der Waals surface area (Å²) in [5.41, 5.74) is -0.141. The lowest BCUT2D eigenvalue weighted by Crippen LogP contribution is -2.03. The van der Waals surface area contributed by atoms with Crippen molar-refractivity contribution in [2.45, 2.75) is 0 Å². The maximum atomic E-state index is 13.6. The summed E-state index contributed by atoms with van der Waals surface area (Å²) in [4.78, 5) is 12.2. The number of rotatable bonds is 2. The molecular formula is C15H6Cl2F2O2. The van der Waals surface area contributed by atoms with Gasteiger partial charge in [0.05, 0.1) is 10.6 Å². The average Bonchev–Trinajstić information content (AvgIpc) is 2.85. The van der Waals surface area contributed by atoms with Gasteiger partial charge < -0.3 is 4.42 Å². The third-order valence-corrected chi connectivity index (χ3v) is 3.43. The summed E-state index contributed by atoms with van der Waals surface area (Å²) in [5, 5.41) is 1.12. The van der Waals surface area contributed by atoms with Crippen molar-refractivity contribution in [2.75, 3.05) is 0 Å². The van der Waals surface area contributed by atoms with Gasteiger partial charge in [-0.2, -0.15) is 0 Å². The number of hydrogen-bond acceptors (Lipinski definition) is 2. The molecule has 0 N–H and O–H groups in total. The third-order valence-electron chi connectivity index (χ3n) is 2.93. The van der Waals surface area contributed by atoms with Crippen molar-refractivity contribution in [3.8, 4) is 0 Å². The Morgan fingerprint density at radius 3 is 2.57 bits per heavy atom. The van der Waals surface area contributed by atoms with E-state index in [1.165, 1.54) is 12.1 Å². The maximum Gasteiger partial charge on any atom is 0.231 e. The molecule has 1 heterocycles. The topological polar surface area (TPSA) is 30.2 Å². The van der Waals surface area contributed by atoms with Crippen LogP contribution in [0.5, 0.6) is 0 Å². The molecule has 0 amide bonds. The van der Waals surface area contributed by atoms with Gasteiger partial charge in [0, 0.05) is 10.4 Å². The Hall–Kier alpha value is -1.91. The number of benzene rings is 2. The molecular weight excluding hydrogens is 321 g/mol. The summed E-state index contributed by atoms with van der Waals surface area (Å²) in [6, 6.07) is 7.05. The lowest BCUT2D eigenvalue weighted by atomic mass is 10.1. The van der Waals surface area contributed by atoms with E-state index in [0.29, 0.717) is 10.4 Å². The van der Waals surface area contributed by atoms with E-state index in [-0.39, 0.29) is 16.4 Å². The largest absolute Gasteiger partial charge is 0.451 e. The maximum absolute atomic E-state index is 13.6. The first kappa shape index (κ1) is 14.0. The highest BCUT2D eigenvalue weighted by Crippen LogP contribution is 2.31. The zero-order valence-electron chi connectivity index (χ0n) is 10.3. The van der Waals surface area contributed by atoms with Crippen LogP contribution in [0.2, 0.25) is 10.0 Å². The third kappa shape index (κ3) is 2.52. The zero-order chi connectivity index (χ0) is 15.1. The van der Waals surface area contributed by atoms with Crippen LogP contribution < -0.4 is 0 Å². The van der Waals surface area contributed by atoms with E-state index < -0.39 is 23.0 Å². The minimum atomic E-state index is -0.828. The van der Waals surface area contributed by atoms with E-state index >= 15 is 0 Å². The first-order valence-corrected chi connectivity index (χ1v) is 6.59. The summed E-state index contributed by atoms with van der Waals surface area (Å²) < 4.78 is 32.1. The molecule has 0 unspecified atom stereocenters. The Balaban J connectivity index is 2.14. The van der Waals surface area contributed by atoms with Gasteiger partial charge in [0.2, 0.25) is 5.78 Å². The molecule has 21 heavy (non-hydrogen) atoms. The van der Waals surface area contributed by atoms with Crippen LogP contribution in [-0.4, -0.2) is 5.78 Å². The van der Waals surface area contributed by atoms with E-state index in [2.05, 4.69) is 0 Å². The van der Waals surface area contributed by atoms with Gasteiger partial charge in [0.25, 0.3) is 0 Å². The molecule has 0 aliphatic heterocycles. The molecule has 0 fully saturated rings. The van der Waals surface area contributed by atoms with Gasteiger partial charge in [-0.05, 0) is 36.4 Å². The van der Waals surface area contributed by atoms with Crippen molar-refractivity contribution in [1.29, 1.82) is 0 Å². The van der Waals surface area contributed by atoms with Crippen LogP contribution in [0.25, 0.3) is 11.0 Å². The van der Waals surface area contributed by atoms with Gasteiger partial charge in [-0.3, -0.25) is 4.79 Å². The number of carbonyl (C=O) groups is 1. The Kier molecular flexibility index (Phi) is 3.43. The van der Waals surface area contributed by atoms with E-state index in [0.717, 1.165) is 18.2 Å². The summed E-state index contributed by atoms with van der Waals surface area (Å²) in [5.74, 6) is -2.45. The van der Waals surface area contributed by atoms with Crippen molar-refractivity contribution >= 4 is 40.0 Å². The Morgan fingerprint density at radius 1 is 1.05 bits per heavy atom. The van der Waals surface area contributed by atoms with Crippen LogP contribution in [0.3, 0.4) is 0 Å². The molecule has 0 spiro atoms. The van der Waals surface area contributed by atoms with E-state index in [1.807, 2.05) is 0 Å². The zero-order valence-corrected chi connectivity index (χ0v) is 11.8. The Bertz CT molecular complexity index is 871. The van der Waals surface area contributed by atoms with Crippen molar-refractivity contribution in [1.82, 2.24) is 0 Å². The quantitative estimate of drug-likeness (QED) is 0.602. The van der Waals surface area contributed by atoms with Crippen LogP contribution in [-0.2, 0) is 0 Å². The van der Waals surface area contributed by atoms with Crippen molar-refractivity contribution < 1.29 is 18.0 Å². The monoisotopic (exact) mass is 326 g/mol. The highest BCUT2D eigenvalue weighted by Gasteiger charge is 2.20. The predicted octanol–water partition coefficient (Wildman–Crippen LogP) is 5.25. The molecule has 3 rings (SSSR count). The predicted molar refractivity (Wildman–Crippen MR) is 76.0 cm³/mol. The first-order chi connectivity index (χ1) is 9.95. The van der Waals surface area contributed by atoms with Crippen LogP contribution in [0.1, 0.15) is 16.1 Å². The second-order valence-corrected chi connectivity index (χ2v) is 5.21. The van der Waals surface area contributed by atoms with Crippen molar-refractivity contribution in [2.24, 2.45) is 0 Å². The molecule has 0 atom stereocenters. The van der Waals surface area contributed by atoms with Gasteiger partial charge in [-0.15, -0.1) is 0 Å². The lowest BCUT2D eigenvalue weighted by Gasteiger charge is -1.99. The minimum absolute atomic E-state index is 0.140. The highest BCUT2D eigenvalue weighted by atomic mass is 35.5. The Morgan fingerprint density at radius 2 is 1.81 bits per heavy atom. The number of fused-ring (bicyclic) bond motifs is 1. The van der Waals surface area contributed by atoms with Gasteiger partial charge in [-0.1, -0.05) is 23.2 Å². The highest BCUT2D eigenvalue weighted by molar-refractivity contribution is 6.38. The van der Waals surface area contributed by atoms with Crippen molar-refractivity contribution in [3.63, 3.8) is 0 Å². The minimum Gasteiger partial charge on any atom is -0.451 e. The molecule has 0 saturated heterocycles. The number of hydrogen-bond donors (Lipinski definition) is 0. The second-order valence-electron chi connectivity index (χ2n) is 4.37. The van der Waals surface area contributed by atoms with Gasteiger partial charge in [0.15, 0.2) is 11.3 Å². The molecule has 0 aliphatic rings. The SMILES string of the molecule is O=C(c1cc2cc(Cl)cc(Cl)c2o1)c1cc(F)ccc1F. The Labute approximate surface area is 127 Å². The van der Waals surface area contributed by atoms with E-state index in [1.54, 1.807) is 6.07 Å². The molecule has 6 heteroatoms. The molecule has 0 aliphatic carbocycles. The second kappa shape index (κ2) is 5.13. The van der Waals surface area contributed by atoms with Crippen LogP contribution in [0.15, 0.2) is 40.8 Å². The van der Waals surface area contributed by atoms with Crippen LogP contribution >= 0.6 is 23.2 Å². The molecule has 106 valence electrons. The number of ketones is 1. The molecule has 3 aromatic rings. The summed E-state index contributed by atoms with van der Waals surface area (Å²) in [6.45, 7) is 0. The summed E-state index contributed by atoms with van der Waals surface area (Å²) in [6.07, 6.45) is 0. The molecule has 2 aromatic carbocycles. The van der Waals surface area contributed by atoms with E-state index in [4.69, 9.17) is 27.6 Å². The van der Waals surface area contributed by atoms with Gasteiger partial charge in [-0.25, -0.2) is 8.78 Å². The van der Waals surface area contributed by atoms with E-state index in [9.17, 15) is 13.6 Å². The van der Waals surface area contributed by atoms with Gasteiger partial charge >= 0.3 is 0 Å². The van der Waals surface area contributed by atoms with Crippen LogP contribution in [0, 0.1) is 11.6 Å².